The van der Waals surface area contributed by atoms with Gasteiger partial charge >= 0.3 is 0 Å². The molecular formula is C9H7NO2. The van der Waals surface area contributed by atoms with Crippen molar-refractivity contribution >= 4 is 5.91 Å². The quantitative estimate of drug-likeness (QED) is 0.535. The van der Waals surface area contributed by atoms with Crippen LogP contribution in [0, 0.1) is 11.8 Å². The Bertz CT molecular complexity index is 360. The number of carbonyl (C=O) groups excluding carboxylic acids is 1. The van der Waals surface area contributed by atoms with Gasteiger partial charge in [0.15, 0.2) is 0 Å². The minimum atomic E-state index is -0.710. The number of phenols is 1. The molecule has 0 atom stereocenters. The van der Waals surface area contributed by atoms with Crippen LogP contribution in [0.4, 0.5) is 0 Å². The minimum Gasteiger partial charge on any atom is -0.507 e. The van der Waals surface area contributed by atoms with Crippen LogP contribution in [0.5, 0.6) is 5.75 Å². The number of rotatable bonds is 0. The highest BCUT2D eigenvalue weighted by atomic mass is 16.3. The number of benzene rings is 1. The molecule has 12 heavy (non-hydrogen) atoms. The molecule has 3 N–H and O–H groups in total. The van der Waals surface area contributed by atoms with Gasteiger partial charge < -0.3 is 10.8 Å². The van der Waals surface area contributed by atoms with Crippen LogP contribution in [-0.2, 0) is 4.79 Å². The Morgan fingerprint density at radius 3 is 2.67 bits per heavy atom. The summed E-state index contributed by atoms with van der Waals surface area (Å²) in [6.45, 7) is 0. The molecule has 3 heteroatoms. The predicted molar refractivity (Wildman–Crippen MR) is 44.2 cm³/mol. The smallest absolute Gasteiger partial charge is 0.293 e. The molecule has 0 saturated heterocycles. The second-order valence-corrected chi connectivity index (χ2v) is 2.13. The van der Waals surface area contributed by atoms with Crippen molar-refractivity contribution in [3.05, 3.63) is 29.8 Å². The number of nitrogens with two attached hydrogens (primary N) is 1. The molecule has 1 amide bonds. The summed E-state index contributed by atoms with van der Waals surface area (Å²) in [6.07, 6.45) is 0. The summed E-state index contributed by atoms with van der Waals surface area (Å²) in [5.74, 6) is 3.91. The van der Waals surface area contributed by atoms with Crippen molar-refractivity contribution in [3.63, 3.8) is 0 Å². The zero-order valence-electron chi connectivity index (χ0n) is 6.24. The van der Waals surface area contributed by atoms with E-state index in [4.69, 9.17) is 10.8 Å². The lowest BCUT2D eigenvalue weighted by Crippen LogP contribution is -2.06. The Morgan fingerprint density at radius 2 is 2.08 bits per heavy atom. The van der Waals surface area contributed by atoms with Crippen molar-refractivity contribution in [2.24, 2.45) is 5.73 Å². The molecule has 0 saturated carbocycles. The first-order valence-electron chi connectivity index (χ1n) is 3.29. The zero-order chi connectivity index (χ0) is 8.97. The molecule has 0 radical (unpaired) electrons. The summed E-state index contributed by atoms with van der Waals surface area (Å²) >= 11 is 0. The van der Waals surface area contributed by atoms with Crippen LogP contribution in [0.3, 0.4) is 0 Å². The van der Waals surface area contributed by atoms with Crippen LogP contribution >= 0.6 is 0 Å². The topological polar surface area (TPSA) is 63.3 Å². The zero-order valence-corrected chi connectivity index (χ0v) is 6.24. The van der Waals surface area contributed by atoms with E-state index < -0.39 is 5.91 Å². The third kappa shape index (κ3) is 2.03. The average Bonchev–Trinajstić information content (AvgIpc) is 2.03. The van der Waals surface area contributed by atoms with E-state index in [9.17, 15) is 4.79 Å². The molecule has 0 fully saturated rings. The van der Waals surface area contributed by atoms with Crippen LogP contribution < -0.4 is 5.73 Å². The Labute approximate surface area is 69.8 Å². The maximum Gasteiger partial charge on any atom is 0.293 e. The summed E-state index contributed by atoms with van der Waals surface area (Å²) < 4.78 is 0. The third-order valence-corrected chi connectivity index (χ3v) is 1.22. The minimum absolute atomic E-state index is 0.0475. The number of hydrogen-bond donors (Lipinski definition) is 2. The summed E-state index contributed by atoms with van der Waals surface area (Å²) in [5, 5.41) is 9.17. The van der Waals surface area contributed by atoms with Crippen molar-refractivity contribution in [1.29, 1.82) is 0 Å². The first-order valence-corrected chi connectivity index (χ1v) is 3.29. The summed E-state index contributed by atoms with van der Waals surface area (Å²) in [5.41, 5.74) is 5.20. The third-order valence-electron chi connectivity index (χ3n) is 1.22. The first kappa shape index (κ1) is 8.15. The fourth-order valence-corrected chi connectivity index (χ4v) is 0.708. The van der Waals surface area contributed by atoms with Crippen LogP contribution in [0.2, 0.25) is 0 Å². The molecule has 60 valence electrons. The van der Waals surface area contributed by atoms with Gasteiger partial charge in [-0.25, -0.2) is 0 Å². The van der Waals surface area contributed by atoms with E-state index in [2.05, 4.69) is 11.8 Å². The van der Waals surface area contributed by atoms with Gasteiger partial charge in [0.2, 0.25) is 0 Å². The number of amides is 1. The van der Waals surface area contributed by atoms with E-state index in [1.54, 1.807) is 18.2 Å². The maximum atomic E-state index is 10.3. The van der Waals surface area contributed by atoms with Crippen LogP contribution in [0.25, 0.3) is 0 Å². The van der Waals surface area contributed by atoms with Gasteiger partial charge in [0.1, 0.15) is 5.75 Å². The van der Waals surface area contributed by atoms with Crippen molar-refractivity contribution < 1.29 is 9.90 Å². The molecule has 1 rings (SSSR count). The lowest BCUT2D eigenvalue weighted by atomic mass is 10.2. The number of aromatic hydroxyl groups is 1. The highest BCUT2D eigenvalue weighted by Gasteiger charge is 1.93. The summed E-state index contributed by atoms with van der Waals surface area (Å²) in [6, 6.07) is 6.48. The number of phenolic OH excluding ortho intramolecular Hbond substituents is 1. The average molecular weight is 161 g/mol. The molecule has 0 bridgehead atoms. The number of para-hydroxylation sites is 1. The van der Waals surface area contributed by atoms with Gasteiger partial charge in [0.25, 0.3) is 5.91 Å². The lowest BCUT2D eigenvalue weighted by Gasteiger charge is -1.92. The fourth-order valence-electron chi connectivity index (χ4n) is 0.708. The molecule has 1 aromatic carbocycles. The van der Waals surface area contributed by atoms with E-state index in [-0.39, 0.29) is 5.75 Å². The Balaban J connectivity index is 2.99. The SMILES string of the molecule is NC(=O)C#Cc1ccccc1O. The van der Waals surface area contributed by atoms with Gasteiger partial charge in [0.05, 0.1) is 5.56 Å². The highest BCUT2D eigenvalue weighted by Crippen LogP contribution is 2.13. The first-order chi connectivity index (χ1) is 5.70. The van der Waals surface area contributed by atoms with E-state index in [0.29, 0.717) is 5.56 Å². The second kappa shape index (κ2) is 3.44. The van der Waals surface area contributed by atoms with E-state index in [1.807, 2.05) is 0 Å². The monoisotopic (exact) mass is 161 g/mol. The molecule has 0 aromatic heterocycles. The van der Waals surface area contributed by atoms with Crippen LogP contribution in [0.1, 0.15) is 5.56 Å². The van der Waals surface area contributed by atoms with Gasteiger partial charge in [-0.1, -0.05) is 18.1 Å². The van der Waals surface area contributed by atoms with E-state index in [0.717, 1.165) is 0 Å². The van der Waals surface area contributed by atoms with Crippen molar-refractivity contribution in [3.8, 4) is 17.6 Å². The lowest BCUT2D eigenvalue weighted by molar-refractivity contribution is -0.112. The van der Waals surface area contributed by atoms with Crippen molar-refractivity contribution in [2.75, 3.05) is 0 Å². The normalized spacial score (nSPS) is 8.33. The number of primary amides is 1. The molecule has 0 unspecified atom stereocenters. The summed E-state index contributed by atoms with van der Waals surface area (Å²) in [7, 11) is 0. The molecule has 0 aliphatic carbocycles. The largest absolute Gasteiger partial charge is 0.507 e. The maximum absolute atomic E-state index is 10.3. The van der Waals surface area contributed by atoms with Gasteiger partial charge in [-0.2, -0.15) is 0 Å². The fraction of sp³-hybridized carbons (Fsp3) is 0. The molecular weight excluding hydrogens is 154 g/mol. The molecule has 1 aromatic rings. The predicted octanol–water partition coefficient (Wildman–Crippen LogP) is 0.229. The van der Waals surface area contributed by atoms with Gasteiger partial charge in [0, 0.05) is 5.92 Å². The summed E-state index contributed by atoms with van der Waals surface area (Å²) in [4.78, 5) is 10.3. The Hall–Kier alpha value is -1.95. The number of hydrogen-bond acceptors (Lipinski definition) is 2. The highest BCUT2D eigenvalue weighted by molar-refractivity contribution is 5.92. The van der Waals surface area contributed by atoms with Crippen LogP contribution in [-0.4, -0.2) is 11.0 Å². The Kier molecular flexibility index (Phi) is 2.34. The van der Waals surface area contributed by atoms with Crippen LogP contribution in [0.15, 0.2) is 24.3 Å². The standard InChI is InChI=1S/C9H7NO2/c10-9(12)6-5-7-3-1-2-4-8(7)11/h1-4,11H,(H2,10,12). The number of carbonyl (C=O) groups is 1. The Morgan fingerprint density at radius 1 is 1.42 bits per heavy atom. The van der Waals surface area contributed by atoms with Gasteiger partial charge in [-0.05, 0) is 12.1 Å². The van der Waals surface area contributed by atoms with Gasteiger partial charge in [-0.15, -0.1) is 0 Å². The molecule has 0 spiro atoms. The molecule has 0 heterocycles. The van der Waals surface area contributed by atoms with Crippen molar-refractivity contribution in [1.82, 2.24) is 0 Å². The molecule has 3 nitrogen and oxygen atoms in total. The van der Waals surface area contributed by atoms with E-state index >= 15 is 0 Å². The molecule has 0 aliphatic heterocycles. The molecule has 0 aliphatic rings. The van der Waals surface area contributed by atoms with Gasteiger partial charge in [-0.3, -0.25) is 4.79 Å². The van der Waals surface area contributed by atoms with Crippen molar-refractivity contribution in [2.45, 2.75) is 0 Å². The second-order valence-electron chi connectivity index (χ2n) is 2.13. The van der Waals surface area contributed by atoms with E-state index in [1.165, 1.54) is 6.07 Å².